The van der Waals surface area contributed by atoms with E-state index in [9.17, 15) is 14.4 Å². The molecule has 0 fully saturated rings. The van der Waals surface area contributed by atoms with Crippen LogP contribution >= 0.6 is 11.6 Å². The number of imide groups is 1. The maximum Gasteiger partial charge on any atom is 0.261 e. The van der Waals surface area contributed by atoms with Crippen molar-refractivity contribution in [1.29, 1.82) is 0 Å². The SMILES string of the molecule is C[C@@H](Cc1cccc(Cl)c1)NC(=O)c1ccc2c(c1)C(=O)N(C)C2=O. The third-order valence-corrected chi connectivity index (χ3v) is 4.40. The first-order valence-corrected chi connectivity index (χ1v) is 8.26. The van der Waals surface area contributed by atoms with Crippen LogP contribution in [0.1, 0.15) is 43.6 Å². The number of nitrogens with one attached hydrogen (secondary N) is 1. The number of benzene rings is 2. The van der Waals surface area contributed by atoms with Gasteiger partial charge in [0.15, 0.2) is 0 Å². The van der Waals surface area contributed by atoms with Gasteiger partial charge >= 0.3 is 0 Å². The highest BCUT2D eigenvalue weighted by Gasteiger charge is 2.33. The minimum absolute atomic E-state index is 0.112. The maximum absolute atomic E-state index is 12.4. The molecule has 0 aromatic heterocycles. The summed E-state index contributed by atoms with van der Waals surface area (Å²) in [5.74, 6) is -1.02. The molecule has 0 aliphatic carbocycles. The summed E-state index contributed by atoms with van der Waals surface area (Å²) in [6.07, 6.45) is 0.636. The summed E-state index contributed by atoms with van der Waals surface area (Å²) in [5.41, 5.74) is 1.98. The molecular formula is C19H17ClN2O3. The summed E-state index contributed by atoms with van der Waals surface area (Å²) in [7, 11) is 1.43. The average molecular weight is 357 g/mol. The minimum Gasteiger partial charge on any atom is -0.349 e. The largest absolute Gasteiger partial charge is 0.349 e. The van der Waals surface area contributed by atoms with Crippen molar-refractivity contribution >= 4 is 29.3 Å². The van der Waals surface area contributed by atoms with Crippen LogP contribution in [0.25, 0.3) is 0 Å². The topological polar surface area (TPSA) is 66.5 Å². The van der Waals surface area contributed by atoms with Gasteiger partial charge in [-0.1, -0.05) is 23.7 Å². The first-order valence-electron chi connectivity index (χ1n) is 7.88. The molecule has 5 nitrogen and oxygen atoms in total. The fourth-order valence-corrected chi connectivity index (χ4v) is 3.09. The zero-order chi connectivity index (χ0) is 18.1. The molecule has 1 aliphatic heterocycles. The Morgan fingerprint density at radius 3 is 2.56 bits per heavy atom. The number of amides is 3. The monoisotopic (exact) mass is 356 g/mol. The van der Waals surface area contributed by atoms with Crippen molar-refractivity contribution in [3.63, 3.8) is 0 Å². The lowest BCUT2D eigenvalue weighted by Crippen LogP contribution is -2.34. The zero-order valence-electron chi connectivity index (χ0n) is 13.9. The number of rotatable bonds is 4. The van der Waals surface area contributed by atoms with Gasteiger partial charge in [-0.2, -0.15) is 0 Å². The van der Waals surface area contributed by atoms with Crippen molar-refractivity contribution in [1.82, 2.24) is 10.2 Å². The quantitative estimate of drug-likeness (QED) is 0.856. The van der Waals surface area contributed by atoms with Crippen LogP contribution in [0.4, 0.5) is 0 Å². The van der Waals surface area contributed by atoms with Gasteiger partial charge in [0.05, 0.1) is 11.1 Å². The van der Waals surface area contributed by atoms with Gasteiger partial charge in [-0.25, -0.2) is 0 Å². The van der Waals surface area contributed by atoms with Gasteiger partial charge in [0.1, 0.15) is 0 Å². The summed E-state index contributed by atoms with van der Waals surface area (Å²) in [5, 5.41) is 3.56. The molecule has 0 radical (unpaired) electrons. The van der Waals surface area contributed by atoms with E-state index < -0.39 is 0 Å². The molecule has 25 heavy (non-hydrogen) atoms. The first-order chi connectivity index (χ1) is 11.9. The van der Waals surface area contributed by atoms with Crippen LogP contribution in [-0.4, -0.2) is 35.7 Å². The molecular weight excluding hydrogens is 340 g/mol. The van der Waals surface area contributed by atoms with Gasteiger partial charge in [-0.05, 0) is 49.2 Å². The van der Waals surface area contributed by atoms with E-state index in [1.807, 2.05) is 25.1 Å². The molecule has 1 aliphatic rings. The predicted octanol–water partition coefficient (Wildman–Crippen LogP) is 2.93. The van der Waals surface area contributed by atoms with E-state index in [4.69, 9.17) is 11.6 Å². The standard InChI is InChI=1S/C19H17ClN2O3/c1-11(8-12-4-3-5-14(20)9-12)21-17(23)13-6-7-15-16(10-13)19(25)22(2)18(15)24/h3-7,9-11H,8H2,1-2H3,(H,21,23)/t11-/m0/s1. The van der Waals surface area contributed by atoms with E-state index in [1.165, 1.54) is 19.2 Å². The van der Waals surface area contributed by atoms with Gasteiger partial charge in [0.25, 0.3) is 17.7 Å². The number of halogens is 1. The molecule has 6 heteroatoms. The van der Waals surface area contributed by atoms with Crippen LogP contribution in [0.5, 0.6) is 0 Å². The normalized spacial score (nSPS) is 14.4. The molecule has 0 saturated heterocycles. The Morgan fingerprint density at radius 1 is 1.12 bits per heavy atom. The van der Waals surface area contributed by atoms with Crippen molar-refractivity contribution in [3.05, 3.63) is 69.7 Å². The number of fused-ring (bicyclic) bond motifs is 1. The van der Waals surface area contributed by atoms with Crippen molar-refractivity contribution < 1.29 is 14.4 Å². The molecule has 3 rings (SSSR count). The number of hydrogen-bond donors (Lipinski definition) is 1. The van der Waals surface area contributed by atoms with Crippen LogP contribution in [0.2, 0.25) is 5.02 Å². The lowest BCUT2D eigenvalue weighted by Gasteiger charge is -2.14. The number of carbonyl (C=O) groups excluding carboxylic acids is 3. The Bertz CT molecular complexity index is 879. The fraction of sp³-hybridized carbons (Fsp3) is 0.211. The number of hydrogen-bond acceptors (Lipinski definition) is 3. The smallest absolute Gasteiger partial charge is 0.261 e. The molecule has 1 N–H and O–H groups in total. The summed E-state index contributed by atoms with van der Waals surface area (Å²) in [6, 6.07) is 11.9. The van der Waals surface area contributed by atoms with E-state index in [0.717, 1.165) is 10.5 Å². The van der Waals surface area contributed by atoms with Gasteiger partial charge in [-0.15, -0.1) is 0 Å². The maximum atomic E-state index is 12.4. The van der Waals surface area contributed by atoms with Crippen LogP contribution in [-0.2, 0) is 6.42 Å². The molecule has 1 heterocycles. The predicted molar refractivity (Wildman–Crippen MR) is 95.0 cm³/mol. The molecule has 0 saturated carbocycles. The molecule has 0 unspecified atom stereocenters. The third kappa shape index (κ3) is 3.42. The summed E-state index contributed by atoms with van der Waals surface area (Å²) in [4.78, 5) is 37.4. The molecule has 3 amide bonds. The summed E-state index contributed by atoms with van der Waals surface area (Å²) in [6.45, 7) is 1.90. The van der Waals surface area contributed by atoms with Crippen molar-refractivity contribution in [2.75, 3.05) is 7.05 Å². The second-order valence-electron chi connectivity index (χ2n) is 6.14. The second-order valence-corrected chi connectivity index (χ2v) is 6.57. The molecule has 2 aromatic rings. The second kappa shape index (κ2) is 6.69. The third-order valence-electron chi connectivity index (χ3n) is 4.16. The molecule has 128 valence electrons. The Kier molecular flexibility index (Phi) is 4.59. The first kappa shape index (κ1) is 17.2. The van der Waals surface area contributed by atoms with Crippen LogP contribution < -0.4 is 5.32 Å². The Labute approximate surface area is 150 Å². The van der Waals surface area contributed by atoms with Crippen molar-refractivity contribution in [2.24, 2.45) is 0 Å². The molecule has 0 spiro atoms. The van der Waals surface area contributed by atoms with E-state index in [2.05, 4.69) is 5.32 Å². The van der Waals surface area contributed by atoms with Crippen LogP contribution in [0.3, 0.4) is 0 Å². The highest BCUT2D eigenvalue weighted by Crippen LogP contribution is 2.22. The van der Waals surface area contributed by atoms with Gasteiger partial charge in [0, 0.05) is 23.7 Å². The van der Waals surface area contributed by atoms with E-state index in [1.54, 1.807) is 12.1 Å². The Morgan fingerprint density at radius 2 is 1.84 bits per heavy atom. The molecule has 1 atom stereocenters. The van der Waals surface area contributed by atoms with Gasteiger partial charge in [-0.3, -0.25) is 19.3 Å². The fourth-order valence-electron chi connectivity index (χ4n) is 2.88. The van der Waals surface area contributed by atoms with Crippen molar-refractivity contribution in [3.8, 4) is 0 Å². The molecule has 0 bridgehead atoms. The Balaban J connectivity index is 1.72. The van der Waals surface area contributed by atoms with E-state index in [-0.39, 0.29) is 29.3 Å². The number of carbonyl (C=O) groups is 3. The van der Waals surface area contributed by atoms with Gasteiger partial charge < -0.3 is 5.32 Å². The summed E-state index contributed by atoms with van der Waals surface area (Å²) >= 11 is 5.97. The average Bonchev–Trinajstić information content (AvgIpc) is 2.79. The van der Waals surface area contributed by atoms with E-state index >= 15 is 0 Å². The highest BCUT2D eigenvalue weighted by molar-refractivity contribution is 6.30. The molecule has 2 aromatic carbocycles. The zero-order valence-corrected chi connectivity index (χ0v) is 14.6. The van der Waals surface area contributed by atoms with Crippen LogP contribution in [0.15, 0.2) is 42.5 Å². The van der Waals surface area contributed by atoms with Crippen LogP contribution in [0, 0.1) is 0 Å². The lowest BCUT2D eigenvalue weighted by molar-refractivity contribution is 0.0693. The van der Waals surface area contributed by atoms with Gasteiger partial charge in [0.2, 0.25) is 0 Å². The lowest BCUT2D eigenvalue weighted by atomic mass is 10.0. The highest BCUT2D eigenvalue weighted by atomic mass is 35.5. The van der Waals surface area contributed by atoms with Crippen molar-refractivity contribution in [2.45, 2.75) is 19.4 Å². The Hall–Kier alpha value is -2.66. The summed E-state index contributed by atoms with van der Waals surface area (Å²) < 4.78 is 0. The number of nitrogens with zero attached hydrogens (tertiary/aromatic N) is 1. The van der Waals surface area contributed by atoms with E-state index in [0.29, 0.717) is 22.6 Å². The minimum atomic E-state index is -0.387.